The van der Waals surface area contributed by atoms with Crippen LogP contribution in [0.3, 0.4) is 0 Å². The molecule has 2 aliphatic rings. The van der Waals surface area contributed by atoms with Gasteiger partial charge in [-0.2, -0.15) is 0 Å². The first-order chi connectivity index (χ1) is 11.9. The molecule has 2 fully saturated rings. The van der Waals surface area contributed by atoms with E-state index in [1.54, 1.807) is 29.2 Å². The zero-order chi connectivity index (χ0) is 18.0. The van der Waals surface area contributed by atoms with Crippen LogP contribution in [-0.4, -0.2) is 67.9 Å². The Bertz CT molecular complexity index is 767. The summed E-state index contributed by atoms with van der Waals surface area (Å²) in [7, 11) is -2.88. The van der Waals surface area contributed by atoms with E-state index in [2.05, 4.69) is 4.90 Å². The van der Waals surface area contributed by atoms with Crippen molar-refractivity contribution in [3.8, 4) is 0 Å². The van der Waals surface area contributed by atoms with Gasteiger partial charge in [0.2, 0.25) is 5.91 Å². The van der Waals surface area contributed by atoms with Gasteiger partial charge in [0.25, 0.3) is 0 Å². The predicted octanol–water partition coefficient (Wildman–Crippen LogP) is 2.34. The molecule has 2 heterocycles. The van der Waals surface area contributed by atoms with Crippen LogP contribution in [0, 0.1) is 0 Å². The molecule has 3 rings (SSSR count). The van der Waals surface area contributed by atoms with Crippen LogP contribution in [0.15, 0.2) is 24.3 Å². The fourth-order valence-electron chi connectivity index (χ4n) is 3.30. The normalized spacial score (nSPS) is 24.1. The summed E-state index contributed by atoms with van der Waals surface area (Å²) in [6.07, 6.45) is 3.83. The molecule has 0 N–H and O–H groups in total. The van der Waals surface area contributed by atoms with Crippen molar-refractivity contribution >= 4 is 45.0 Å². The second-order valence-electron chi connectivity index (χ2n) is 6.39. The third-order valence-corrected chi connectivity index (χ3v) is 7.15. The van der Waals surface area contributed by atoms with Crippen molar-refractivity contribution in [2.24, 2.45) is 0 Å². The lowest BCUT2D eigenvalue weighted by Gasteiger charge is -2.37. The quantitative estimate of drug-likeness (QED) is 0.727. The summed E-state index contributed by atoms with van der Waals surface area (Å²) in [6.45, 7) is 2.59. The van der Waals surface area contributed by atoms with E-state index in [9.17, 15) is 13.2 Å². The number of rotatable bonds is 3. The SMILES string of the molecule is O=C(/C=C/c1c(Cl)cccc1Cl)N1CCN([C@@H]2CCS(=O)(=O)C2)CC1. The van der Waals surface area contributed by atoms with Crippen LogP contribution in [-0.2, 0) is 14.6 Å². The van der Waals surface area contributed by atoms with E-state index < -0.39 is 9.84 Å². The standard InChI is InChI=1S/C17H20Cl2N2O3S/c18-15-2-1-3-16(19)14(15)4-5-17(22)21-9-7-20(8-10-21)13-6-11-25(23,24)12-13/h1-5,13H,6-12H2/b5-4+/t13-/m1/s1. The van der Waals surface area contributed by atoms with Crippen LogP contribution in [0.5, 0.6) is 0 Å². The average Bonchev–Trinajstić information content (AvgIpc) is 2.94. The lowest BCUT2D eigenvalue weighted by Crippen LogP contribution is -2.52. The fraction of sp³-hybridized carbons (Fsp3) is 0.471. The van der Waals surface area contributed by atoms with Crippen molar-refractivity contribution in [2.45, 2.75) is 12.5 Å². The highest BCUT2D eigenvalue weighted by atomic mass is 35.5. The van der Waals surface area contributed by atoms with E-state index in [-0.39, 0.29) is 23.5 Å². The Balaban J connectivity index is 1.56. The first-order valence-corrected chi connectivity index (χ1v) is 10.8. The highest BCUT2D eigenvalue weighted by molar-refractivity contribution is 7.91. The molecule has 1 aromatic rings. The maximum absolute atomic E-state index is 12.4. The Labute approximate surface area is 158 Å². The maximum atomic E-state index is 12.4. The fourth-order valence-corrected chi connectivity index (χ4v) is 5.59. The lowest BCUT2D eigenvalue weighted by atomic mass is 10.1. The predicted molar refractivity (Wildman–Crippen MR) is 101 cm³/mol. The van der Waals surface area contributed by atoms with Crippen molar-refractivity contribution in [2.75, 3.05) is 37.7 Å². The molecule has 0 radical (unpaired) electrons. The molecule has 0 spiro atoms. The summed E-state index contributed by atoms with van der Waals surface area (Å²) >= 11 is 12.2. The Hall–Kier alpha value is -1.08. The van der Waals surface area contributed by atoms with Crippen molar-refractivity contribution in [1.29, 1.82) is 0 Å². The molecule has 1 atom stereocenters. The molecule has 0 bridgehead atoms. The number of hydrogen-bond acceptors (Lipinski definition) is 4. The van der Waals surface area contributed by atoms with Crippen LogP contribution in [0.1, 0.15) is 12.0 Å². The Morgan fingerprint density at radius 2 is 1.76 bits per heavy atom. The molecule has 25 heavy (non-hydrogen) atoms. The van der Waals surface area contributed by atoms with Gasteiger partial charge in [0.05, 0.1) is 11.5 Å². The summed E-state index contributed by atoms with van der Waals surface area (Å²) in [5.74, 6) is 0.430. The van der Waals surface area contributed by atoms with Crippen LogP contribution < -0.4 is 0 Å². The summed E-state index contributed by atoms with van der Waals surface area (Å²) in [6, 6.07) is 5.31. The number of carbonyl (C=O) groups is 1. The van der Waals surface area contributed by atoms with Gasteiger partial charge >= 0.3 is 0 Å². The van der Waals surface area contributed by atoms with Crippen LogP contribution in [0.2, 0.25) is 10.0 Å². The van der Waals surface area contributed by atoms with Crippen molar-refractivity contribution in [3.05, 3.63) is 39.9 Å². The van der Waals surface area contributed by atoms with E-state index in [1.165, 1.54) is 6.08 Å². The molecule has 1 amide bonds. The number of hydrogen-bond donors (Lipinski definition) is 0. The molecule has 0 aliphatic carbocycles. The van der Waals surface area contributed by atoms with Crippen molar-refractivity contribution in [1.82, 2.24) is 9.80 Å². The molecular weight excluding hydrogens is 383 g/mol. The van der Waals surface area contributed by atoms with E-state index in [1.807, 2.05) is 0 Å². The molecule has 0 saturated carbocycles. The topological polar surface area (TPSA) is 57.7 Å². The van der Waals surface area contributed by atoms with Gasteiger partial charge in [-0.25, -0.2) is 8.42 Å². The minimum absolute atomic E-state index is 0.0883. The minimum Gasteiger partial charge on any atom is -0.337 e. The third kappa shape index (κ3) is 4.56. The van der Waals surface area contributed by atoms with Gasteiger partial charge in [0.1, 0.15) is 0 Å². The number of halogens is 2. The number of carbonyl (C=O) groups excluding carboxylic acids is 1. The summed E-state index contributed by atoms with van der Waals surface area (Å²) in [5, 5.41) is 1.01. The van der Waals surface area contributed by atoms with Gasteiger partial charge in [-0.3, -0.25) is 9.69 Å². The highest BCUT2D eigenvalue weighted by Crippen LogP contribution is 2.25. The van der Waals surface area contributed by atoms with Crippen molar-refractivity contribution < 1.29 is 13.2 Å². The van der Waals surface area contributed by atoms with Gasteiger partial charge < -0.3 is 4.90 Å². The van der Waals surface area contributed by atoms with Gasteiger partial charge in [0.15, 0.2) is 9.84 Å². The smallest absolute Gasteiger partial charge is 0.246 e. The molecule has 0 unspecified atom stereocenters. The van der Waals surface area contributed by atoms with Crippen molar-refractivity contribution in [3.63, 3.8) is 0 Å². The molecule has 1 aromatic carbocycles. The van der Waals surface area contributed by atoms with Crippen LogP contribution in [0.25, 0.3) is 6.08 Å². The van der Waals surface area contributed by atoms with E-state index in [4.69, 9.17) is 23.2 Å². The molecule has 8 heteroatoms. The Morgan fingerprint density at radius 1 is 1.12 bits per heavy atom. The average molecular weight is 403 g/mol. The van der Waals surface area contributed by atoms with Gasteiger partial charge in [-0.1, -0.05) is 29.3 Å². The molecule has 2 saturated heterocycles. The first-order valence-electron chi connectivity index (χ1n) is 8.21. The third-order valence-electron chi connectivity index (χ3n) is 4.74. The molecular formula is C17H20Cl2N2O3S. The number of sulfone groups is 1. The minimum atomic E-state index is -2.88. The van der Waals surface area contributed by atoms with Gasteiger partial charge in [-0.05, 0) is 24.6 Å². The van der Waals surface area contributed by atoms with E-state index in [0.29, 0.717) is 48.2 Å². The monoisotopic (exact) mass is 402 g/mol. The van der Waals surface area contributed by atoms with Gasteiger partial charge in [-0.15, -0.1) is 0 Å². The zero-order valence-corrected chi connectivity index (χ0v) is 16.0. The molecule has 0 aromatic heterocycles. The molecule has 136 valence electrons. The molecule has 2 aliphatic heterocycles. The Morgan fingerprint density at radius 3 is 2.32 bits per heavy atom. The second-order valence-corrected chi connectivity index (χ2v) is 9.43. The van der Waals surface area contributed by atoms with E-state index in [0.717, 1.165) is 0 Å². The van der Waals surface area contributed by atoms with Crippen LogP contribution >= 0.6 is 23.2 Å². The number of amides is 1. The first kappa shape index (κ1) is 18.7. The summed E-state index contributed by atoms with van der Waals surface area (Å²) in [5.41, 5.74) is 0.633. The van der Waals surface area contributed by atoms with Gasteiger partial charge in [0, 0.05) is 53.9 Å². The zero-order valence-electron chi connectivity index (χ0n) is 13.7. The number of nitrogens with zero attached hydrogens (tertiary/aromatic N) is 2. The highest BCUT2D eigenvalue weighted by Gasteiger charge is 2.34. The van der Waals surface area contributed by atoms with E-state index >= 15 is 0 Å². The molecule has 5 nitrogen and oxygen atoms in total. The summed E-state index contributed by atoms with van der Waals surface area (Å²) < 4.78 is 23.2. The number of benzene rings is 1. The largest absolute Gasteiger partial charge is 0.337 e. The number of piperazine rings is 1. The Kier molecular flexibility index (Phi) is 5.73. The van der Waals surface area contributed by atoms with Crippen LogP contribution in [0.4, 0.5) is 0 Å². The summed E-state index contributed by atoms with van der Waals surface area (Å²) in [4.78, 5) is 16.3. The lowest BCUT2D eigenvalue weighted by molar-refractivity contribution is -0.127. The second kappa shape index (κ2) is 7.66. The maximum Gasteiger partial charge on any atom is 0.246 e.